The number of amides is 1. The van der Waals surface area contributed by atoms with Gasteiger partial charge in [0.25, 0.3) is 5.91 Å². The summed E-state index contributed by atoms with van der Waals surface area (Å²) in [5.74, 6) is -0.290. The zero-order valence-corrected chi connectivity index (χ0v) is 17.5. The molecule has 2 aromatic carbocycles. The first-order chi connectivity index (χ1) is 14.4. The van der Waals surface area contributed by atoms with Crippen LogP contribution in [-0.2, 0) is 10.0 Å². The summed E-state index contributed by atoms with van der Waals surface area (Å²) in [4.78, 5) is 11.9. The first-order valence-electron chi connectivity index (χ1n) is 9.33. The number of carbonyl (C=O) groups is 1. The van der Waals surface area contributed by atoms with Crippen LogP contribution in [0.1, 0.15) is 23.2 Å². The second-order valence-electron chi connectivity index (χ2n) is 6.65. The number of nitrogens with one attached hydrogen (secondary N) is 1. The van der Waals surface area contributed by atoms with Crippen molar-refractivity contribution in [3.8, 4) is 17.2 Å². The third-order valence-corrected chi connectivity index (χ3v) is 6.86. The topological polar surface area (TPSA) is 114 Å². The fraction of sp³-hybridized carbons (Fsp3) is 0.350. The lowest BCUT2D eigenvalue weighted by Crippen LogP contribution is -2.42. The van der Waals surface area contributed by atoms with E-state index in [1.807, 2.05) is 30.3 Å². The Balaban J connectivity index is 1.88. The molecule has 0 spiro atoms. The van der Waals surface area contributed by atoms with E-state index < -0.39 is 15.9 Å². The summed E-state index contributed by atoms with van der Waals surface area (Å²) in [7, 11) is -1.51. The number of sulfonamides is 1. The molecule has 1 saturated heterocycles. The number of piperidine rings is 1. The molecule has 0 saturated carbocycles. The smallest absolute Gasteiger partial charge is 0.279 e. The number of hydroxylamine groups is 1. The van der Waals surface area contributed by atoms with E-state index in [2.05, 4.69) is 0 Å². The quantitative estimate of drug-likeness (QED) is 0.504. The lowest BCUT2D eigenvalue weighted by atomic mass is 10.1. The fourth-order valence-corrected chi connectivity index (χ4v) is 5.22. The molecule has 0 atom stereocenters. The predicted octanol–water partition coefficient (Wildman–Crippen LogP) is 2.05. The predicted molar refractivity (Wildman–Crippen MR) is 108 cm³/mol. The lowest BCUT2D eigenvalue weighted by Gasteiger charge is -2.32. The number of hydrogen-bond acceptors (Lipinski definition) is 7. The van der Waals surface area contributed by atoms with E-state index in [0.29, 0.717) is 12.8 Å². The maximum absolute atomic E-state index is 13.4. The van der Waals surface area contributed by atoms with Gasteiger partial charge in [-0.2, -0.15) is 4.31 Å². The summed E-state index contributed by atoms with van der Waals surface area (Å²) in [6.45, 7) is 0.417. The molecule has 3 rings (SSSR count). The summed E-state index contributed by atoms with van der Waals surface area (Å²) < 4.78 is 44.4. The number of carbonyl (C=O) groups excluding carboxylic acids is 1. The molecule has 0 radical (unpaired) electrons. The van der Waals surface area contributed by atoms with Gasteiger partial charge in [0.15, 0.2) is 0 Å². The molecule has 0 unspecified atom stereocenters. The number of para-hydroxylation sites is 1. The molecular formula is C20H24N2O7S. The van der Waals surface area contributed by atoms with Crippen LogP contribution in [0.4, 0.5) is 0 Å². The number of hydrogen-bond donors (Lipinski definition) is 2. The minimum Gasteiger partial charge on any atom is -0.496 e. The summed E-state index contributed by atoms with van der Waals surface area (Å²) in [5.41, 5.74) is 1.16. The number of rotatable bonds is 7. The fourth-order valence-electron chi connectivity index (χ4n) is 3.41. The van der Waals surface area contributed by atoms with Gasteiger partial charge in [0.05, 0.1) is 14.2 Å². The van der Waals surface area contributed by atoms with Crippen LogP contribution in [0.2, 0.25) is 0 Å². The number of methoxy groups -OCH3 is 2. The number of ether oxygens (including phenoxy) is 3. The highest BCUT2D eigenvalue weighted by Gasteiger charge is 2.37. The molecule has 2 N–H and O–H groups in total. The van der Waals surface area contributed by atoms with Crippen LogP contribution < -0.4 is 19.7 Å². The van der Waals surface area contributed by atoms with Crippen LogP contribution in [0.15, 0.2) is 47.4 Å². The summed E-state index contributed by atoms with van der Waals surface area (Å²) in [6, 6.07) is 12.2. The van der Waals surface area contributed by atoms with Crippen molar-refractivity contribution in [1.82, 2.24) is 9.79 Å². The summed E-state index contributed by atoms with van der Waals surface area (Å²) >= 11 is 0. The molecule has 1 amide bonds. The van der Waals surface area contributed by atoms with Gasteiger partial charge < -0.3 is 14.2 Å². The van der Waals surface area contributed by atoms with Gasteiger partial charge >= 0.3 is 0 Å². The number of nitrogens with zero attached hydrogens (tertiary/aromatic N) is 1. The average molecular weight is 436 g/mol. The third-order valence-electron chi connectivity index (χ3n) is 4.90. The first kappa shape index (κ1) is 21.9. The molecule has 0 aliphatic carbocycles. The van der Waals surface area contributed by atoms with Gasteiger partial charge in [0.1, 0.15) is 33.8 Å². The molecule has 9 nitrogen and oxygen atoms in total. The van der Waals surface area contributed by atoms with Gasteiger partial charge in [-0.05, 0) is 37.1 Å². The molecule has 30 heavy (non-hydrogen) atoms. The first-order valence-corrected chi connectivity index (χ1v) is 10.8. The van der Waals surface area contributed by atoms with Crippen LogP contribution >= 0.6 is 0 Å². The van der Waals surface area contributed by atoms with Crippen LogP contribution in [0.25, 0.3) is 0 Å². The minimum absolute atomic E-state index is 0.00298. The molecule has 1 aliphatic heterocycles. The van der Waals surface area contributed by atoms with Gasteiger partial charge in [-0.15, -0.1) is 0 Å². The summed E-state index contributed by atoms with van der Waals surface area (Å²) in [5, 5.41) is 9.13. The van der Waals surface area contributed by atoms with Gasteiger partial charge in [-0.3, -0.25) is 10.0 Å². The monoisotopic (exact) mass is 436 g/mol. The van der Waals surface area contributed by atoms with Crippen molar-refractivity contribution in [2.75, 3.05) is 27.3 Å². The molecule has 1 heterocycles. The third kappa shape index (κ3) is 4.35. The lowest BCUT2D eigenvalue weighted by molar-refractivity contribution is 0.0698. The van der Waals surface area contributed by atoms with E-state index in [1.54, 1.807) is 0 Å². The Morgan fingerprint density at radius 3 is 2.20 bits per heavy atom. The molecular weight excluding hydrogens is 412 g/mol. The number of benzene rings is 2. The Morgan fingerprint density at radius 1 is 1.03 bits per heavy atom. The standard InChI is InChI=1S/C20H24N2O7S/c1-27-16-8-9-17(28-2)19(18(16)20(23)21-24)30(25,26)22-12-10-15(11-13-22)29-14-6-4-3-5-7-14/h3-9,15,24H,10-13H2,1-2H3,(H,21,23). The van der Waals surface area contributed by atoms with E-state index in [1.165, 1.54) is 36.1 Å². The maximum Gasteiger partial charge on any atom is 0.279 e. The van der Waals surface area contributed by atoms with Crippen molar-refractivity contribution < 1.29 is 32.6 Å². The van der Waals surface area contributed by atoms with Crippen molar-refractivity contribution in [3.63, 3.8) is 0 Å². The van der Waals surface area contributed by atoms with Gasteiger partial charge in [-0.25, -0.2) is 13.9 Å². The second-order valence-corrected chi connectivity index (χ2v) is 8.52. The van der Waals surface area contributed by atoms with E-state index in [4.69, 9.17) is 19.4 Å². The largest absolute Gasteiger partial charge is 0.496 e. The molecule has 0 aromatic heterocycles. The molecule has 1 aliphatic rings. The van der Waals surface area contributed by atoms with E-state index >= 15 is 0 Å². The van der Waals surface area contributed by atoms with Crippen molar-refractivity contribution >= 4 is 15.9 Å². The van der Waals surface area contributed by atoms with Gasteiger partial charge in [0, 0.05) is 13.1 Å². The highest BCUT2D eigenvalue weighted by Crippen LogP contribution is 2.37. The average Bonchev–Trinajstić information content (AvgIpc) is 2.78. The van der Waals surface area contributed by atoms with Crippen LogP contribution in [0.3, 0.4) is 0 Å². The van der Waals surface area contributed by atoms with E-state index in [9.17, 15) is 13.2 Å². The van der Waals surface area contributed by atoms with Crippen molar-refractivity contribution in [2.45, 2.75) is 23.8 Å². The molecule has 162 valence electrons. The van der Waals surface area contributed by atoms with Crippen LogP contribution in [0, 0.1) is 0 Å². The Hall–Kier alpha value is -2.82. The SMILES string of the molecule is COc1ccc(OC)c(S(=O)(=O)N2CCC(Oc3ccccc3)CC2)c1C(=O)NO. The molecule has 0 bridgehead atoms. The van der Waals surface area contributed by atoms with Gasteiger partial charge in [0.2, 0.25) is 10.0 Å². The van der Waals surface area contributed by atoms with Crippen molar-refractivity contribution in [1.29, 1.82) is 0 Å². The summed E-state index contributed by atoms with van der Waals surface area (Å²) in [6.07, 6.45) is 0.857. The molecule has 10 heteroatoms. The van der Waals surface area contributed by atoms with Crippen LogP contribution in [0.5, 0.6) is 17.2 Å². The van der Waals surface area contributed by atoms with Crippen LogP contribution in [-0.4, -0.2) is 57.3 Å². The Morgan fingerprint density at radius 2 is 1.63 bits per heavy atom. The van der Waals surface area contributed by atoms with Crippen molar-refractivity contribution in [3.05, 3.63) is 48.0 Å². The normalized spacial score (nSPS) is 15.4. The molecule has 2 aromatic rings. The zero-order valence-electron chi connectivity index (χ0n) is 16.7. The highest BCUT2D eigenvalue weighted by molar-refractivity contribution is 7.89. The molecule has 1 fully saturated rings. The minimum atomic E-state index is -4.12. The Kier molecular flexibility index (Phi) is 6.80. The van der Waals surface area contributed by atoms with E-state index in [-0.39, 0.29) is 41.2 Å². The zero-order chi connectivity index (χ0) is 21.7. The van der Waals surface area contributed by atoms with E-state index in [0.717, 1.165) is 5.75 Å². The Labute approximate surface area is 175 Å². The maximum atomic E-state index is 13.4. The van der Waals surface area contributed by atoms with Gasteiger partial charge in [-0.1, -0.05) is 18.2 Å². The Bertz CT molecular complexity index is 988. The second kappa shape index (κ2) is 9.33. The van der Waals surface area contributed by atoms with Crippen molar-refractivity contribution in [2.24, 2.45) is 0 Å². The highest BCUT2D eigenvalue weighted by atomic mass is 32.2.